The molecule has 0 aliphatic rings. The summed E-state index contributed by atoms with van der Waals surface area (Å²) in [5.41, 5.74) is 1.30. The Bertz CT molecular complexity index is 288. The van der Waals surface area contributed by atoms with Crippen molar-refractivity contribution in [2.24, 2.45) is 5.92 Å². The van der Waals surface area contributed by atoms with Crippen molar-refractivity contribution in [3.05, 3.63) is 28.5 Å². The van der Waals surface area contributed by atoms with E-state index in [0.717, 1.165) is 10.9 Å². The normalized spacial score (nSPS) is 15.1. The van der Waals surface area contributed by atoms with Crippen molar-refractivity contribution in [3.63, 3.8) is 0 Å². The number of rotatable bonds is 4. The summed E-state index contributed by atoms with van der Waals surface area (Å²) in [4.78, 5) is 4.76. The number of pyridine rings is 1. The van der Waals surface area contributed by atoms with E-state index >= 15 is 0 Å². The molecule has 0 amide bonds. The van der Waals surface area contributed by atoms with Crippen LogP contribution in [0.4, 0.5) is 0 Å². The molecule has 2 unspecified atom stereocenters. The summed E-state index contributed by atoms with van der Waals surface area (Å²) < 4.78 is 1.06. The second-order valence-electron chi connectivity index (χ2n) is 3.62. The van der Waals surface area contributed by atoms with Crippen LogP contribution in [-0.4, -0.2) is 9.81 Å². The Morgan fingerprint density at radius 3 is 2.71 bits per heavy atom. The average Bonchev–Trinajstić information content (AvgIpc) is 2.16. The third kappa shape index (κ3) is 3.70. The molecule has 1 heterocycles. The number of hydrogen-bond donors (Lipinski definition) is 0. The van der Waals surface area contributed by atoms with E-state index in [1.807, 2.05) is 12.4 Å². The van der Waals surface area contributed by atoms with E-state index < -0.39 is 0 Å². The largest absolute Gasteiger partial charge is 0.263 e. The van der Waals surface area contributed by atoms with Crippen LogP contribution in [-0.2, 0) is 6.42 Å². The molecular formula is C11H15Br2N. The summed E-state index contributed by atoms with van der Waals surface area (Å²) in [6.45, 7) is 4.47. The van der Waals surface area contributed by atoms with Gasteiger partial charge in [-0.15, -0.1) is 0 Å². The number of alkyl halides is 1. The van der Waals surface area contributed by atoms with Gasteiger partial charge in [-0.1, -0.05) is 29.8 Å². The number of halogens is 2. The van der Waals surface area contributed by atoms with Gasteiger partial charge in [-0.2, -0.15) is 0 Å². The Hall–Kier alpha value is 0.110. The van der Waals surface area contributed by atoms with Crippen molar-refractivity contribution in [3.8, 4) is 0 Å². The molecule has 1 aromatic heterocycles. The van der Waals surface area contributed by atoms with Crippen LogP contribution in [0.2, 0.25) is 0 Å². The van der Waals surface area contributed by atoms with Crippen LogP contribution in [0.3, 0.4) is 0 Å². The van der Waals surface area contributed by atoms with Gasteiger partial charge in [0.1, 0.15) is 0 Å². The molecule has 0 spiro atoms. The minimum atomic E-state index is 0.599. The predicted octanol–water partition coefficient (Wildman–Crippen LogP) is 4.20. The van der Waals surface area contributed by atoms with Crippen molar-refractivity contribution in [1.82, 2.24) is 4.98 Å². The first kappa shape index (κ1) is 12.2. The Balaban J connectivity index is 2.60. The van der Waals surface area contributed by atoms with Gasteiger partial charge in [0.15, 0.2) is 0 Å². The third-order valence-electron chi connectivity index (χ3n) is 2.33. The quantitative estimate of drug-likeness (QED) is 0.758. The van der Waals surface area contributed by atoms with E-state index in [1.54, 1.807) is 0 Å². The molecule has 0 bridgehead atoms. The van der Waals surface area contributed by atoms with Crippen molar-refractivity contribution < 1.29 is 0 Å². The summed E-state index contributed by atoms with van der Waals surface area (Å²) in [5, 5.41) is 0. The molecule has 0 saturated heterocycles. The van der Waals surface area contributed by atoms with Crippen molar-refractivity contribution in [2.45, 2.75) is 31.5 Å². The molecule has 1 rings (SSSR count). The van der Waals surface area contributed by atoms with Crippen molar-refractivity contribution in [2.75, 3.05) is 0 Å². The fourth-order valence-corrected chi connectivity index (χ4v) is 2.07. The van der Waals surface area contributed by atoms with Crippen LogP contribution in [0.15, 0.2) is 22.9 Å². The van der Waals surface area contributed by atoms with Crippen molar-refractivity contribution >= 4 is 31.9 Å². The highest BCUT2D eigenvalue weighted by Gasteiger charge is 2.12. The van der Waals surface area contributed by atoms with E-state index in [9.17, 15) is 0 Å². The molecule has 14 heavy (non-hydrogen) atoms. The van der Waals surface area contributed by atoms with Crippen molar-refractivity contribution in [1.29, 1.82) is 0 Å². The maximum absolute atomic E-state index is 4.16. The van der Waals surface area contributed by atoms with Gasteiger partial charge >= 0.3 is 0 Å². The highest BCUT2D eigenvalue weighted by Crippen LogP contribution is 2.21. The number of hydrogen-bond acceptors (Lipinski definition) is 1. The van der Waals surface area contributed by atoms with E-state index in [4.69, 9.17) is 0 Å². The molecule has 1 nitrogen and oxygen atoms in total. The molecule has 0 saturated carbocycles. The second kappa shape index (κ2) is 5.86. The first-order chi connectivity index (χ1) is 6.63. The Kier molecular flexibility index (Phi) is 5.10. The molecule has 1 aromatic rings. The lowest BCUT2D eigenvalue weighted by Gasteiger charge is -2.16. The molecule has 3 heteroatoms. The highest BCUT2D eigenvalue weighted by atomic mass is 79.9. The first-order valence-corrected chi connectivity index (χ1v) is 6.57. The fraction of sp³-hybridized carbons (Fsp3) is 0.545. The van der Waals surface area contributed by atoms with Crippen LogP contribution >= 0.6 is 31.9 Å². The number of aromatic nitrogens is 1. The lowest BCUT2D eigenvalue weighted by atomic mass is 9.98. The van der Waals surface area contributed by atoms with Crippen LogP contribution in [0, 0.1) is 5.92 Å². The van der Waals surface area contributed by atoms with Crippen LogP contribution in [0.25, 0.3) is 0 Å². The molecule has 78 valence electrons. The third-order valence-corrected chi connectivity index (χ3v) is 4.31. The zero-order chi connectivity index (χ0) is 10.6. The Morgan fingerprint density at radius 2 is 2.14 bits per heavy atom. The van der Waals surface area contributed by atoms with Gasteiger partial charge in [-0.3, -0.25) is 4.98 Å². The standard InChI is InChI=1S/C11H15Br2N/c1-3-11(13)8(2)4-9-5-10(12)7-14-6-9/h5-8,11H,3-4H2,1-2H3. The number of nitrogens with zero attached hydrogens (tertiary/aromatic N) is 1. The zero-order valence-corrected chi connectivity index (χ0v) is 11.7. The molecule has 0 aliphatic carbocycles. The first-order valence-electron chi connectivity index (χ1n) is 4.87. The summed E-state index contributed by atoms with van der Waals surface area (Å²) >= 11 is 7.12. The molecule has 0 aromatic carbocycles. The fourth-order valence-electron chi connectivity index (χ4n) is 1.47. The minimum Gasteiger partial charge on any atom is -0.263 e. The zero-order valence-electron chi connectivity index (χ0n) is 8.50. The van der Waals surface area contributed by atoms with Crippen LogP contribution in [0.5, 0.6) is 0 Å². The van der Waals surface area contributed by atoms with E-state index in [-0.39, 0.29) is 0 Å². The maximum atomic E-state index is 4.16. The topological polar surface area (TPSA) is 12.9 Å². The van der Waals surface area contributed by atoms with Gasteiger partial charge in [0.05, 0.1) is 0 Å². The monoisotopic (exact) mass is 319 g/mol. The Morgan fingerprint density at radius 1 is 1.43 bits per heavy atom. The second-order valence-corrected chi connectivity index (χ2v) is 5.71. The van der Waals surface area contributed by atoms with Gasteiger partial charge in [0.25, 0.3) is 0 Å². The van der Waals surface area contributed by atoms with Gasteiger partial charge in [0.2, 0.25) is 0 Å². The van der Waals surface area contributed by atoms with E-state index in [1.165, 1.54) is 12.0 Å². The van der Waals surface area contributed by atoms with Gasteiger partial charge in [-0.05, 0) is 46.3 Å². The summed E-state index contributed by atoms with van der Waals surface area (Å²) in [7, 11) is 0. The molecule has 0 aliphatic heterocycles. The van der Waals surface area contributed by atoms with E-state index in [2.05, 4.69) is 56.8 Å². The van der Waals surface area contributed by atoms with Crippen LogP contribution in [0.1, 0.15) is 25.8 Å². The molecule has 0 radical (unpaired) electrons. The maximum Gasteiger partial charge on any atom is 0.0410 e. The van der Waals surface area contributed by atoms with E-state index in [0.29, 0.717) is 10.7 Å². The van der Waals surface area contributed by atoms with Gasteiger partial charge in [-0.25, -0.2) is 0 Å². The lowest BCUT2D eigenvalue weighted by Crippen LogP contribution is -2.12. The molecule has 0 N–H and O–H groups in total. The molecule has 2 atom stereocenters. The lowest BCUT2D eigenvalue weighted by molar-refractivity contribution is 0.544. The SMILES string of the molecule is CCC(Br)C(C)Cc1cncc(Br)c1. The van der Waals surface area contributed by atoms with Crippen LogP contribution < -0.4 is 0 Å². The average molecular weight is 321 g/mol. The van der Waals surface area contributed by atoms with Gasteiger partial charge in [0, 0.05) is 21.7 Å². The minimum absolute atomic E-state index is 0.599. The summed E-state index contributed by atoms with van der Waals surface area (Å²) in [6, 6.07) is 2.14. The molecular weight excluding hydrogens is 306 g/mol. The summed E-state index contributed by atoms with van der Waals surface area (Å²) in [5.74, 6) is 0.649. The smallest absolute Gasteiger partial charge is 0.0410 e. The predicted molar refractivity (Wildman–Crippen MR) is 67.8 cm³/mol. The van der Waals surface area contributed by atoms with Gasteiger partial charge < -0.3 is 0 Å². The Labute approximate surface area is 103 Å². The summed E-state index contributed by atoms with van der Waals surface area (Å²) in [6.07, 6.45) is 6.01. The highest BCUT2D eigenvalue weighted by molar-refractivity contribution is 9.10. The molecule has 0 fully saturated rings.